The lowest BCUT2D eigenvalue weighted by Gasteiger charge is -2.12. The van der Waals surface area contributed by atoms with Crippen LogP contribution in [0, 0.1) is 5.92 Å². The van der Waals surface area contributed by atoms with E-state index < -0.39 is 0 Å². The number of halogens is 2. The van der Waals surface area contributed by atoms with Crippen molar-refractivity contribution in [3.8, 4) is 0 Å². The average molecular weight is 273 g/mol. The van der Waals surface area contributed by atoms with Crippen LogP contribution in [0.25, 0.3) is 0 Å². The van der Waals surface area contributed by atoms with Crippen molar-refractivity contribution in [1.29, 1.82) is 0 Å². The van der Waals surface area contributed by atoms with Gasteiger partial charge in [-0.3, -0.25) is 4.79 Å². The first-order chi connectivity index (χ1) is 8.09. The van der Waals surface area contributed by atoms with E-state index in [1.807, 2.05) is 0 Å². The minimum Gasteiger partial charge on any atom is -0.350 e. The third-order valence-corrected chi connectivity index (χ3v) is 3.74. The van der Waals surface area contributed by atoms with Gasteiger partial charge in [-0.1, -0.05) is 29.3 Å². The lowest BCUT2D eigenvalue weighted by molar-refractivity contribution is 0.0950. The van der Waals surface area contributed by atoms with Gasteiger partial charge in [0.2, 0.25) is 0 Å². The summed E-state index contributed by atoms with van der Waals surface area (Å²) in [7, 11) is 0. The number of amides is 1. The van der Waals surface area contributed by atoms with Gasteiger partial charge in [-0.05, 0) is 30.9 Å². The topological polar surface area (TPSA) is 55.1 Å². The lowest BCUT2D eigenvalue weighted by atomic mass is 10.1. The van der Waals surface area contributed by atoms with Crippen LogP contribution in [0.1, 0.15) is 23.2 Å². The molecule has 1 aromatic carbocycles. The summed E-state index contributed by atoms with van der Waals surface area (Å²) in [5.41, 5.74) is 6.29. The fourth-order valence-electron chi connectivity index (χ4n) is 1.68. The van der Waals surface area contributed by atoms with Crippen molar-refractivity contribution in [2.45, 2.75) is 18.9 Å². The first kappa shape index (κ1) is 12.7. The lowest BCUT2D eigenvalue weighted by Crippen LogP contribution is -2.38. The van der Waals surface area contributed by atoms with Crippen molar-refractivity contribution in [2.75, 3.05) is 6.54 Å². The molecule has 1 fully saturated rings. The van der Waals surface area contributed by atoms with Crippen LogP contribution in [0.2, 0.25) is 10.0 Å². The largest absolute Gasteiger partial charge is 0.350 e. The fraction of sp³-hybridized carbons (Fsp3) is 0.417. The molecule has 17 heavy (non-hydrogen) atoms. The number of hydrogen-bond acceptors (Lipinski definition) is 2. The molecular weight excluding hydrogens is 259 g/mol. The number of nitrogens with two attached hydrogens (primary N) is 1. The maximum atomic E-state index is 11.9. The molecule has 0 bridgehead atoms. The van der Waals surface area contributed by atoms with Crippen molar-refractivity contribution in [2.24, 2.45) is 11.7 Å². The Hall–Kier alpha value is -0.770. The second-order valence-corrected chi connectivity index (χ2v) is 5.10. The maximum absolute atomic E-state index is 11.9. The van der Waals surface area contributed by atoms with Gasteiger partial charge in [0, 0.05) is 12.6 Å². The van der Waals surface area contributed by atoms with Crippen LogP contribution in [0.4, 0.5) is 0 Å². The Bertz CT molecular complexity index is 433. The molecule has 1 unspecified atom stereocenters. The fourth-order valence-corrected chi connectivity index (χ4v) is 2.06. The van der Waals surface area contributed by atoms with Gasteiger partial charge in [0.1, 0.15) is 0 Å². The van der Waals surface area contributed by atoms with Crippen LogP contribution in [-0.2, 0) is 0 Å². The summed E-state index contributed by atoms with van der Waals surface area (Å²) in [6.07, 6.45) is 2.32. The number of nitrogens with one attached hydrogen (secondary N) is 1. The summed E-state index contributed by atoms with van der Waals surface area (Å²) in [5, 5.41) is 3.45. The molecule has 3 nitrogen and oxygen atoms in total. The Morgan fingerprint density at radius 1 is 1.47 bits per heavy atom. The minimum absolute atomic E-state index is 0.0388. The van der Waals surface area contributed by atoms with Crippen molar-refractivity contribution in [1.82, 2.24) is 5.32 Å². The monoisotopic (exact) mass is 272 g/mol. The number of carbonyl (C=O) groups excluding carboxylic acids is 1. The van der Waals surface area contributed by atoms with Crippen LogP contribution in [0.5, 0.6) is 0 Å². The van der Waals surface area contributed by atoms with E-state index >= 15 is 0 Å². The highest BCUT2D eigenvalue weighted by Crippen LogP contribution is 2.31. The van der Waals surface area contributed by atoms with Crippen LogP contribution in [-0.4, -0.2) is 18.5 Å². The summed E-state index contributed by atoms with van der Waals surface area (Å²) in [5.74, 6) is 0.332. The molecule has 92 valence electrons. The van der Waals surface area contributed by atoms with E-state index in [-0.39, 0.29) is 17.0 Å². The number of rotatable bonds is 4. The molecule has 1 saturated carbocycles. The Morgan fingerprint density at radius 3 is 2.82 bits per heavy atom. The van der Waals surface area contributed by atoms with Gasteiger partial charge >= 0.3 is 0 Å². The van der Waals surface area contributed by atoms with E-state index in [1.165, 1.54) is 0 Å². The molecule has 0 saturated heterocycles. The third-order valence-electron chi connectivity index (χ3n) is 2.92. The van der Waals surface area contributed by atoms with Crippen molar-refractivity contribution in [3.63, 3.8) is 0 Å². The van der Waals surface area contributed by atoms with E-state index in [9.17, 15) is 4.79 Å². The molecule has 0 heterocycles. The van der Waals surface area contributed by atoms with Gasteiger partial charge in [-0.15, -0.1) is 0 Å². The molecular formula is C12H14Cl2N2O. The minimum atomic E-state index is -0.228. The van der Waals surface area contributed by atoms with Crippen LogP contribution < -0.4 is 11.1 Å². The van der Waals surface area contributed by atoms with Crippen molar-refractivity contribution in [3.05, 3.63) is 33.8 Å². The van der Waals surface area contributed by atoms with E-state index in [0.717, 1.165) is 12.8 Å². The zero-order chi connectivity index (χ0) is 12.4. The highest BCUT2D eigenvalue weighted by molar-refractivity contribution is 6.43. The SMILES string of the molecule is NC(CNC(=O)c1cccc(Cl)c1Cl)C1CC1. The third kappa shape index (κ3) is 3.12. The first-order valence-electron chi connectivity index (χ1n) is 5.57. The molecule has 0 radical (unpaired) electrons. The molecule has 5 heteroatoms. The molecule has 1 aliphatic rings. The normalized spacial score (nSPS) is 16.6. The van der Waals surface area contributed by atoms with Gasteiger partial charge in [0.05, 0.1) is 15.6 Å². The van der Waals surface area contributed by atoms with Gasteiger partial charge in [-0.25, -0.2) is 0 Å². The highest BCUT2D eigenvalue weighted by atomic mass is 35.5. The Balaban J connectivity index is 1.96. The van der Waals surface area contributed by atoms with Crippen LogP contribution >= 0.6 is 23.2 Å². The standard InChI is InChI=1S/C12H14Cl2N2O/c13-9-3-1-2-8(11(9)14)12(17)16-6-10(15)7-4-5-7/h1-3,7,10H,4-6,15H2,(H,16,17). The number of carbonyl (C=O) groups is 1. The van der Waals surface area contributed by atoms with Gasteiger partial charge in [0.25, 0.3) is 5.91 Å². The van der Waals surface area contributed by atoms with E-state index in [1.54, 1.807) is 18.2 Å². The first-order valence-corrected chi connectivity index (χ1v) is 6.33. The number of hydrogen-bond donors (Lipinski definition) is 2. The van der Waals surface area contributed by atoms with Gasteiger partial charge in [0.15, 0.2) is 0 Å². The van der Waals surface area contributed by atoms with Crippen molar-refractivity contribution < 1.29 is 4.79 Å². The Labute approximate surface area is 110 Å². The van der Waals surface area contributed by atoms with Gasteiger partial charge < -0.3 is 11.1 Å². The summed E-state index contributed by atoms with van der Waals surface area (Å²) < 4.78 is 0. The highest BCUT2D eigenvalue weighted by Gasteiger charge is 2.28. The Kier molecular flexibility index (Phi) is 3.92. The zero-order valence-corrected chi connectivity index (χ0v) is 10.8. The molecule has 1 aliphatic carbocycles. The van der Waals surface area contributed by atoms with E-state index in [2.05, 4.69) is 5.32 Å². The smallest absolute Gasteiger partial charge is 0.252 e. The van der Waals surface area contributed by atoms with Crippen LogP contribution in [0.15, 0.2) is 18.2 Å². The second-order valence-electron chi connectivity index (χ2n) is 4.31. The molecule has 3 N–H and O–H groups in total. The predicted octanol–water partition coefficient (Wildman–Crippen LogP) is 2.46. The number of benzene rings is 1. The molecule has 2 rings (SSSR count). The maximum Gasteiger partial charge on any atom is 0.252 e. The quantitative estimate of drug-likeness (QED) is 0.885. The molecule has 1 atom stereocenters. The summed E-state index contributed by atoms with van der Waals surface area (Å²) in [6, 6.07) is 5.03. The molecule has 0 spiro atoms. The molecule has 1 amide bonds. The molecule has 1 aromatic rings. The zero-order valence-electron chi connectivity index (χ0n) is 9.25. The summed E-state index contributed by atoms with van der Waals surface area (Å²) >= 11 is 11.8. The summed E-state index contributed by atoms with van der Waals surface area (Å²) in [6.45, 7) is 0.479. The predicted molar refractivity (Wildman–Crippen MR) is 69.5 cm³/mol. The second kappa shape index (κ2) is 5.25. The molecule has 0 aromatic heterocycles. The van der Waals surface area contributed by atoms with Crippen LogP contribution in [0.3, 0.4) is 0 Å². The van der Waals surface area contributed by atoms with Gasteiger partial charge in [-0.2, -0.15) is 0 Å². The summed E-state index contributed by atoms with van der Waals surface area (Å²) in [4.78, 5) is 11.9. The van der Waals surface area contributed by atoms with E-state index in [4.69, 9.17) is 28.9 Å². The average Bonchev–Trinajstić information content (AvgIpc) is 3.13. The Morgan fingerprint density at radius 2 is 2.18 bits per heavy atom. The van der Waals surface area contributed by atoms with E-state index in [0.29, 0.717) is 23.0 Å². The molecule has 0 aliphatic heterocycles. The van der Waals surface area contributed by atoms with Crippen molar-refractivity contribution >= 4 is 29.1 Å².